The molecular weight excluding hydrogens is 252 g/mol. The predicted octanol–water partition coefficient (Wildman–Crippen LogP) is 2.51. The standard InChI is InChI=1S/C16H20N2O2/c1-20-16(19)10-3-2-4-11(14(10)17)18-15-12-8-5-6-9(7-8)13(12)15/h2-4,8-9,12-13,15,18H,5-7,17H2,1H3. The van der Waals surface area contributed by atoms with Crippen LogP contribution < -0.4 is 11.1 Å². The zero-order valence-electron chi connectivity index (χ0n) is 11.6. The van der Waals surface area contributed by atoms with Crippen molar-refractivity contribution in [3.63, 3.8) is 0 Å². The fourth-order valence-corrected chi connectivity index (χ4v) is 4.68. The van der Waals surface area contributed by atoms with Crippen LogP contribution in [0.25, 0.3) is 0 Å². The summed E-state index contributed by atoms with van der Waals surface area (Å²) >= 11 is 0. The number of esters is 1. The minimum atomic E-state index is -0.373. The molecule has 0 amide bonds. The van der Waals surface area contributed by atoms with Gasteiger partial charge in [-0.1, -0.05) is 6.07 Å². The summed E-state index contributed by atoms with van der Waals surface area (Å²) in [6, 6.07) is 6.09. The van der Waals surface area contributed by atoms with Gasteiger partial charge in [-0.15, -0.1) is 0 Å². The Morgan fingerprint density at radius 2 is 2.00 bits per heavy atom. The van der Waals surface area contributed by atoms with E-state index < -0.39 is 0 Å². The van der Waals surface area contributed by atoms with Crippen LogP contribution in [0.4, 0.5) is 11.4 Å². The van der Waals surface area contributed by atoms with Crippen molar-refractivity contribution in [2.24, 2.45) is 23.7 Å². The van der Waals surface area contributed by atoms with Crippen LogP contribution in [-0.2, 0) is 4.74 Å². The molecule has 4 nitrogen and oxygen atoms in total. The zero-order chi connectivity index (χ0) is 13.9. The molecule has 106 valence electrons. The molecule has 3 fully saturated rings. The van der Waals surface area contributed by atoms with E-state index in [0.717, 1.165) is 29.4 Å². The van der Waals surface area contributed by atoms with Crippen LogP contribution in [-0.4, -0.2) is 19.1 Å². The van der Waals surface area contributed by atoms with Gasteiger partial charge in [0.2, 0.25) is 0 Å². The van der Waals surface area contributed by atoms with Gasteiger partial charge in [0, 0.05) is 6.04 Å². The van der Waals surface area contributed by atoms with Crippen molar-refractivity contribution in [2.45, 2.75) is 25.3 Å². The van der Waals surface area contributed by atoms with E-state index in [4.69, 9.17) is 10.5 Å². The summed E-state index contributed by atoms with van der Waals surface area (Å²) in [6.07, 6.45) is 4.24. The Bertz CT molecular complexity index is 556. The van der Waals surface area contributed by atoms with Gasteiger partial charge in [0.15, 0.2) is 0 Å². The second-order valence-electron chi connectivity index (χ2n) is 6.42. The molecule has 1 aromatic rings. The van der Waals surface area contributed by atoms with Crippen molar-refractivity contribution in [2.75, 3.05) is 18.2 Å². The second-order valence-corrected chi connectivity index (χ2v) is 6.42. The fraction of sp³-hybridized carbons (Fsp3) is 0.562. The highest BCUT2D eigenvalue weighted by molar-refractivity contribution is 5.98. The van der Waals surface area contributed by atoms with E-state index in [9.17, 15) is 4.79 Å². The minimum absolute atomic E-state index is 0.373. The molecule has 4 unspecified atom stereocenters. The maximum absolute atomic E-state index is 11.7. The second kappa shape index (κ2) is 4.14. The molecule has 0 aliphatic heterocycles. The average Bonchev–Trinajstić information content (AvgIpc) is 2.84. The molecule has 20 heavy (non-hydrogen) atoms. The number of nitrogen functional groups attached to an aromatic ring is 1. The Labute approximate surface area is 118 Å². The van der Waals surface area contributed by atoms with Gasteiger partial charge in [-0.25, -0.2) is 4.79 Å². The lowest BCUT2D eigenvalue weighted by molar-refractivity contribution is 0.0602. The molecule has 1 aromatic carbocycles. The number of hydrogen-bond acceptors (Lipinski definition) is 4. The predicted molar refractivity (Wildman–Crippen MR) is 77.4 cm³/mol. The van der Waals surface area contributed by atoms with Gasteiger partial charge in [0.1, 0.15) is 0 Å². The zero-order valence-corrected chi connectivity index (χ0v) is 11.6. The number of ether oxygens (including phenoxy) is 1. The molecule has 0 radical (unpaired) electrons. The number of fused-ring (bicyclic) bond motifs is 5. The van der Waals surface area contributed by atoms with Crippen LogP contribution in [0.15, 0.2) is 18.2 Å². The highest BCUT2D eigenvalue weighted by Crippen LogP contribution is 2.66. The van der Waals surface area contributed by atoms with Crippen molar-refractivity contribution in [1.82, 2.24) is 0 Å². The minimum Gasteiger partial charge on any atom is -0.465 e. The number of anilines is 2. The Balaban J connectivity index is 1.54. The van der Waals surface area contributed by atoms with E-state index in [2.05, 4.69) is 5.32 Å². The van der Waals surface area contributed by atoms with Gasteiger partial charge >= 0.3 is 5.97 Å². The summed E-state index contributed by atoms with van der Waals surface area (Å²) in [5, 5.41) is 3.57. The monoisotopic (exact) mass is 272 g/mol. The third kappa shape index (κ3) is 1.57. The molecule has 4 rings (SSSR count). The van der Waals surface area contributed by atoms with Crippen LogP contribution in [0, 0.1) is 23.7 Å². The number of carbonyl (C=O) groups is 1. The number of rotatable bonds is 3. The maximum atomic E-state index is 11.7. The topological polar surface area (TPSA) is 64.3 Å². The van der Waals surface area contributed by atoms with Crippen LogP contribution >= 0.6 is 0 Å². The maximum Gasteiger partial charge on any atom is 0.340 e. The lowest BCUT2D eigenvalue weighted by Crippen LogP contribution is -2.15. The number of nitrogens with one attached hydrogen (secondary N) is 1. The van der Waals surface area contributed by atoms with Gasteiger partial charge in [-0.05, 0) is 55.1 Å². The van der Waals surface area contributed by atoms with Crippen LogP contribution in [0.1, 0.15) is 29.6 Å². The molecule has 0 saturated heterocycles. The lowest BCUT2D eigenvalue weighted by atomic mass is 10.0. The smallest absolute Gasteiger partial charge is 0.340 e. The molecule has 3 saturated carbocycles. The van der Waals surface area contributed by atoms with Crippen molar-refractivity contribution in [1.29, 1.82) is 0 Å². The summed E-state index contributed by atoms with van der Waals surface area (Å²) in [7, 11) is 1.38. The molecule has 0 spiro atoms. The fourth-order valence-electron chi connectivity index (χ4n) is 4.68. The van der Waals surface area contributed by atoms with Crippen LogP contribution in [0.2, 0.25) is 0 Å². The molecule has 3 aliphatic rings. The van der Waals surface area contributed by atoms with Crippen molar-refractivity contribution >= 4 is 17.3 Å². The number of benzene rings is 1. The first-order valence-corrected chi connectivity index (χ1v) is 7.44. The van der Waals surface area contributed by atoms with E-state index in [0.29, 0.717) is 17.3 Å². The lowest BCUT2D eigenvalue weighted by Gasteiger charge is -2.15. The molecule has 0 heterocycles. The third-order valence-corrected chi connectivity index (χ3v) is 5.57. The van der Waals surface area contributed by atoms with E-state index >= 15 is 0 Å². The van der Waals surface area contributed by atoms with Gasteiger partial charge in [0.25, 0.3) is 0 Å². The Morgan fingerprint density at radius 3 is 2.65 bits per heavy atom. The largest absolute Gasteiger partial charge is 0.465 e. The Morgan fingerprint density at radius 1 is 1.30 bits per heavy atom. The van der Waals surface area contributed by atoms with E-state index in [-0.39, 0.29) is 5.97 Å². The normalized spacial score (nSPS) is 36.5. The first-order valence-electron chi connectivity index (χ1n) is 7.44. The Hall–Kier alpha value is -1.71. The van der Waals surface area contributed by atoms with E-state index in [1.807, 2.05) is 12.1 Å². The first-order chi connectivity index (χ1) is 9.70. The van der Waals surface area contributed by atoms with Crippen molar-refractivity contribution < 1.29 is 9.53 Å². The molecule has 3 aliphatic carbocycles. The highest BCUT2D eigenvalue weighted by Gasteiger charge is 2.65. The number of nitrogens with two attached hydrogens (primary N) is 1. The molecule has 0 aromatic heterocycles. The average molecular weight is 272 g/mol. The number of hydrogen-bond donors (Lipinski definition) is 2. The van der Waals surface area contributed by atoms with E-state index in [1.165, 1.54) is 26.4 Å². The SMILES string of the molecule is COC(=O)c1cccc(NC2C3C4CCC(C4)C23)c1N. The van der Waals surface area contributed by atoms with Crippen molar-refractivity contribution in [3.8, 4) is 0 Å². The molecule has 4 atom stereocenters. The Kier molecular flexibility index (Phi) is 2.50. The van der Waals surface area contributed by atoms with Crippen LogP contribution in [0.5, 0.6) is 0 Å². The number of para-hydroxylation sites is 1. The quantitative estimate of drug-likeness (QED) is 0.655. The van der Waals surface area contributed by atoms with Gasteiger partial charge in [-0.2, -0.15) is 0 Å². The molecular formula is C16H20N2O2. The van der Waals surface area contributed by atoms with E-state index in [1.54, 1.807) is 6.07 Å². The summed E-state index contributed by atoms with van der Waals surface area (Å²) < 4.78 is 4.76. The highest BCUT2D eigenvalue weighted by atomic mass is 16.5. The third-order valence-electron chi connectivity index (χ3n) is 5.57. The molecule has 4 heteroatoms. The summed E-state index contributed by atoms with van der Waals surface area (Å²) in [6.45, 7) is 0. The molecule has 2 bridgehead atoms. The van der Waals surface area contributed by atoms with Gasteiger partial charge in [-0.3, -0.25) is 0 Å². The number of methoxy groups -OCH3 is 1. The van der Waals surface area contributed by atoms with Crippen molar-refractivity contribution in [3.05, 3.63) is 23.8 Å². The van der Waals surface area contributed by atoms with Gasteiger partial charge < -0.3 is 15.8 Å². The molecule has 3 N–H and O–H groups in total. The number of carbonyl (C=O) groups excluding carboxylic acids is 1. The van der Waals surface area contributed by atoms with Gasteiger partial charge in [0.05, 0.1) is 24.0 Å². The van der Waals surface area contributed by atoms with Crippen LogP contribution in [0.3, 0.4) is 0 Å². The summed E-state index contributed by atoms with van der Waals surface area (Å²) in [5.74, 6) is 3.16. The summed E-state index contributed by atoms with van der Waals surface area (Å²) in [5.41, 5.74) is 7.95. The summed E-state index contributed by atoms with van der Waals surface area (Å²) in [4.78, 5) is 11.7. The first kappa shape index (κ1) is 12.1.